The fourth-order valence-corrected chi connectivity index (χ4v) is 2.01. The van der Waals surface area contributed by atoms with Gasteiger partial charge in [0.15, 0.2) is 0 Å². The molecular weight excluding hydrogens is 300 g/mol. The Morgan fingerprint density at radius 3 is 2.17 bits per heavy atom. The van der Waals surface area contributed by atoms with Crippen LogP contribution in [0.4, 0.5) is 5.69 Å². The number of nitrogens with zero attached hydrogens (tertiary/aromatic N) is 1. The zero-order valence-electron chi connectivity index (χ0n) is 15.0. The number of hydrogen-bond donors (Lipinski definition) is 1. The average Bonchev–Trinajstić information content (AvgIpc) is 2.55. The van der Waals surface area contributed by atoms with Gasteiger partial charge in [0, 0.05) is 25.8 Å². The lowest BCUT2D eigenvalue weighted by Gasteiger charge is -2.20. The molecule has 0 aliphatic rings. The number of ether oxygens (including phenoxy) is 1. The van der Waals surface area contributed by atoms with Crippen LogP contribution in [0.3, 0.4) is 0 Å². The summed E-state index contributed by atoms with van der Waals surface area (Å²) in [5, 5.41) is 0. The predicted octanol–water partition coefficient (Wildman–Crippen LogP) is 3.74. The largest absolute Gasteiger partial charge is 0.462 e. The molecule has 2 aromatic rings. The molecule has 0 bridgehead atoms. The van der Waals surface area contributed by atoms with Gasteiger partial charge in [-0.1, -0.05) is 42.5 Å². The van der Waals surface area contributed by atoms with Crippen molar-refractivity contribution in [1.82, 2.24) is 0 Å². The molecule has 0 fully saturated rings. The van der Waals surface area contributed by atoms with Crippen molar-refractivity contribution in [2.75, 3.05) is 11.9 Å². The van der Waals surface area contributed by atoms with E-state index < -0.39 is 0 Å². The molecule has 0 atom stereocenters. The lowest BCUT2D eigenvalue weighted by atomic mass is 10.1. The van der Waals surface area contributed by atoms with Gasteiger partial charge < -0.3 is 15.4 Å². The molecular formula is C20H28N2O2. The maximum atomic E-state index is 9.60. The number of hydrogen-bond acceptors (Lipinski definition) is 4. The van der Waals surface area contributed by atoms with Crippen LogP contribution >= 0.6 is 0 Å². The minimum absolute atomic E-state index is 0.318. The second kappa shape index (κ2) is 9.73. The summed E-state index contributed by atoms with van der Waals surface area (Å²) in [6, 6.07) is 18.8. The minimum atomic E-state index is -0.318. The fourth-order valence-electron chi connectivity index (χ4n) is 2.01. The van der Waals surface area contributed by atoms with Crippen LogP contribution < -0.4 is 10.6 Å². The first-order chi connectivity index (χ1) is 11.4. The summed E-state index contributed by atoms with van der Waals surface area (Å²) in [4.78, 5) is 11.8. The van der Waals surface area contributed by atoms with Crippen LogP contribution in [0.1, 0.15) is 31.9 Å². The topological polar surface area (TPSA) is 55.6 Å². The molecule has 2 rings (SSSR count). The summed E-state index contributed by atoms with van der Waals surface area (Å²) in [6.45, 7) is 7.42. The van der Waals surface area contributed by atoms with Gasteiger partial charge in [-0.3, -0.25) is 4.79 Å². The van der Waals surface area contributed by atoms with Crippen molar-refractivity contribution in [2.24, 2.45) is 5.73 Å². The van der Waals surface area contributed by atoms with E-state index >= 15 is 0 Å². The monoisotopic (exact) mass is 328 g/mol. The maximum Gasteiger partial charge on any atom is 0.293 e. The Morgan fingerprint density at radius 1 is 1.04 bits per heavy atom. The quantitative estimate of drug-likeness (QED) is 0.850. The third kappa shape index (κ3) is 7.79. The van der Waals surface area contributed by atoms with E-state index in [0.717, 1.165) is 6.54 Å². The molecule has 4 nitrogen and oxygen atoms in total. The third-order valence-corrected chi connectivity index (χ3v) is 3.25. The molecule has 0 aliphatic heterocycles. The highest BCUT2D eigenvalue weighted by Crippen LogP contribution is 2.16. The maximum absolute atomic E-state index is 9.60. The molecule has 0 aliphatic carbocycles. The first-order valence-electron chi connectivity index (χ1n) is 8.01. The highest BCUT2D eigenvalue weighted by atomic mass is 16.5. The van der Waals surface area contributed by atoms with Gasteiger partial charge in [-0.15, -0.1) is 0 Å². The normalized spacial score (nSPS) is 10.4. The summed E-state index contributed by atoms with van der Waals surface area (Å²) in [7, 11) is 2.10. The van der Waals surface area contributed by atoms with E-state index in [0.29, 0.717) is 13.0 Å². The molecule has 4 heteroatoms. The van der Waals surface area contributed by atoms with Gasteiger partial charge in [0.25, 0.3) is 6.47 Å². The van der Waals surface area contributed by atoms with Crippen LogP contribution in [0.25, 0.3) is 0 Å². The van der Waals surface area contributed by atoms with Gasteiger partial charge in [0.1, 0.15) is 5.60 Å². The summed E-state index contributed by atoms with van der Waals surface area (Å²) in [5.74, 6) is 0. The van der Waals surface area contributed by atoms with E-state index in [1.807, 2.05) is 26.8 Å². The number of rotatable bonds is 5. The van der Waals surface area contributed by atoms with Crippen molar-refractivity contribution < 1.29 is 9.53 Å². The van der Waals surface area contributed by atoms with E-state index in [9.17, 15) is 4.79 Å². The highest BCUT2D eigenvalue weighted by molar-refractivity contribution is 5.48. The fraction of sp³-hybridized carbons (Fsp3) is 0.350. The first-order valence-corrected chi connectivity index (χ1v) is 8.01. The van der Waals surface area contributed by atoms with Crippen LogP contribution in [-0.2, 0) is 22.6 Å². The summed E-state index contributed by atoms with van der Waals surface area (Å²) >= 11 is 0. The van der Waals surface area contributed by atoms with Gasteiger partial charge in [-0.05, 0) is 44.0 Å². The van der Waals surface area contributed by atoms with E-state index in [1.54, 1.807) is 0 Å². The zero-order chi connectivity index (χ0) is 18.0. The molecule has 2 aromatic carbocycles. The smallest absolute Gasteiger partial charge is 0.293 e. The number of anilines is 1. The number of carbonyl (C=O) groups excluding carboxylic acids is 1. The first kappa shape index (κ1) is 19.7. The Kier molecular flexibility index (Phi) is 7.99. The molecule has 24 heavy (non-hydrogen) atoms. The Bertz CT molecular complexity index is 607. The average molecular weight is 328 g/mol. The van der Waals surface area contributed by atoms with Crippen molar-refractivity contribution in [3.63, 3.8) is 0 Å². The van der Waals surface area contributed by atoms with Gasteiger partial charge in [-0.25, -0.2) is 0 Å². The van der Waals surface area contributed by atoms with Crippen molar-refractivity contribution in [2.45, 2.75) is 39.5 Å². The Labute approximate surface area is 145 Å². The van der Waals surface area contributed by atoms with E-state index in [2.05, 4.69) is 65.2 Å². The second-order valence-corrected chi connectivity index (χ2v) is 6.54. The molecule has 0 heterocycles. The summed E-state index contributed by atoms with van der Waals surface area (Å²) in [5.41, 5.74) is 9.02. The Hall–Kier alpha value is -2.33. The van der Waals surface area contributed by atoms with Crippen molar-refractivity contribution in [3.8, 4) is 0 Å². The molecule has 0 unspecified atom stereocenters. The van der Waals surface area contributed by atoms with Crippen molar-refractivity contribution in [3.05, 3.63) is 65.7 Å². The molecule has 0 amide bonds. The van der Waals surface area contributed by atoms with Crippen LogP contribution in [0.2, 0.25) is 0 Å². The number of benzene rings is 2. The number of carbonyl (C=O) groups is 1. The lowest BCUT2D eigenvalue weighted by molar-refractivity contribution is -0.138. The molecule has 0 aromatic heterocycles. The SMILES string of the molecule is CC(C)(C)OC=O.CN(Cc1ccccc1)c1cccc(CN)c1. The molecule has 0 spiro atoms. The number of nitrogens with two attached hydrogens (primary N) is 1. The molecule has 130 valence electrons. The van der Waals surface area contributed by atoms with Crippen molar-refractivity contribution in [1.29, 1.82) is 0 Å². The zero-order valence-corrected chi connectivity index (χ0v) is 15.0. The lowest BCUT2D eigenvalue weighted by Crippen LogP contribution is -2.17. The van der Waals surface area contributed by atoms with Crippen LogP contribution in [0.5, 0.6) is 0 Å². The molecule has 0 radical (unpaired) electrons. The van der Waals surface area contributed by atoms with E-state index in [4.69, 9.17) is 5.73 Å². The van der Waals surface area contributed by atoms with Gasteiger partial charge in [-0.2, -0.15) is 0 Å². The van der Waals surface area contributed by atoms with Crippen LogP contribution in [-0.4, -0.2) is 19.1 Å². The molecule has 0 saturated carbocycles. The molecule has 0 saturated heterocycles. The standard InChI is InChI=1S/C15H18N2.C5H10O2/c1-17(12-13-6-3-2-4-7-13)15-9-5-8-14(10-15)11-16;1-5(2,3)7-4-6/h2-10H,11-12,16H2,1H3;4H,1-3H3. The van der Waals surface area contributed by atoms with Gasteiger partial charge >= 0.3 is 0 Å². The second-order valence-electron chi connectivity index (χ2n) is 6.54. The summed E-state index contributed by atoms with van der Waals surface area (Å²) < 4.78 is 4.55. The minimum Gasteiger partial charge on any atom is -0.462 e. The Morgan fingerprint density at radius 2 is 1.67 bits per heavy atom. The van der Waals surface area contributed by atoms with Crippen LogP contribution in [0, 0.1) is 0 Å². The van der Waals surface area contributed by atoms with Gasteiger partial charge in [0.2, 0.25) is 0 Å². The van der Waals surface area contributed by atoms with E-state index in [1.165, 1.54) is 16.8 Å². The van der Waals surface area contributed by atoms with Crippen LogP contribution in [0.15, 0.2) is 54.6 Å². The highest BCUT2D eigenvalue weighted by Gasteiger charge is 2.07. The molecule has 2 N–H and O–H groups in total. The third-order valence-electron chi connectivity index (χ3n) is 3.25. The Balaban J connectivity index is 0.000000351. The van der Waals surface area contributed by atoms with Crippen molar-refractivity contribution >= 4 is 12.2 Å². The predicted molar refractivity (Wildman–Crippen MR) is 99.8 cm³/mol. The van der Waals surface area contributed by atoms with E-state index in [-0.39, 0.29) is 5.60 Å². The van der Waals surface area contributed by atoms with Gasteiger partial charge in [0.05, 0.1) is 0 Å². The summed E-state index contributed by atoms with van der Waals surface area (Å²) in [6.07, 6.45) is 0.